The molecule has 2 aliphatic rings. The highest BCUT2D eigenvalue weighted by molar-refractivity contribution is 9.18. The van der Waals surface area contributed by atoms with Gasteiger partial charge in [0.25, 0.3) is 0 Å². The fourth-order valence-corrected chi connectivity index (χ4v) is 4.70. The molecule has 0 saturated carbocycles. The van der Waals surface area contributed by atoms with Crippen molar-refractivity contribution < 1.29 is 13.1 Å². The van der Waals surface area contributed by atoms with Crippen molar-refractivity contribution in [3.8, 4) is 0 Å². The zero-order valence-electron chi connectivity index (χ0n) is 12.4. The molecule has 0 unspecified atom stereocenters. The summed E-state index contributed by atoms with van der Waals surface area (Å²) in [6.45, 7) is -2.07. The van der Waals surface area contributed by atoms with Crippen molar-refractivity contribution in [3.63, 3.8) is 0 Å². The Kier molecular flexibility index (Phi) is 3.68. The van der Waals surface area contributed by atoms with Gasteiger partial charge < -0.3 is 17.6 Å². The molecule has 2 nitrogen and oxygen atoms in total. The minimum absolute atomic E-state index is 0.328. The van der Waals surface area contributed by atoms with E-state index in [1.165, 1.54) is 0 Å². The van der Waals surface area contributed by atoms with Crippen LogP contribution in [0.15, 0.2) is 52.8 Å². The summed E-state index contributed by atoms with van der Waals surface area (Å²) in [5.74, 6) is 0. The number of hydrogen-bond donors (Lipinski definition) is 0. The number of fused-ring (bicyclic) bond motifs is 2. The van der Waals surface area contributed by atoms with Crippen LogP contribution in [0.5, 0.6) is 0 Å². The van der Waals surface area contributed by atoms with E-state index >= 15 is 8.63 Å². The summed E-state index contributed by atoms with van der Waals surface area (Å²) in [7, 11) is 0. The Bertz CT molecular complexity index is 992. The molecular formula is C16H10BBr2ClF2N2. The maximum Gasteiger partial charge on any atom is 0.738 e. The highest BCUT2D eigenvalue weighted by atomic mass is 79.9. The molecule has 0 radical (unpaired) electrons. The number of allylic oxidation sites excluding steroid dienone is 2. The maximum atomic E-state index is 15.1. The third-order valence-electron chi connectivity index (χ3n) is 4.26. The molecule has 122 valence electrons. The Morgan fingerprint density at radius 3 is 2.58 bits per heavy atom. The molecule has 0 atom stereocenters. The van der Waals surface area contributed by atoms with Gasteiger partial charge in [-0.3, -0.25) is 0 Å². The standard InChI is InChI=1S/C16H10BBr2ClF2N2/c1-9-2-3-10(11(20)8-9)16-12-4-6-14(18)23(12)17(21,22)24-13(16)5-7-15(24)19/h2-8H,1H3. The van der Waals surface area contributed by atoms with E-state index in [0.29, 0.717) is 31.2 Å². The first kappa shape index (κ1) is 16.3. The van der Waals surface area contributed by atoms with Crippen LogP contribution < -0.4 is 0 Å². The number of nitrogens with zero attached hydrogens (tertiary/aromatic N) is 2. The minimum atomic E-state index is -4.01. The summed E-state index contributed by atoms with van der Waals surface area (Å²) in [4.78, 5) is 0. The van der Waals surface area contributed by atoms with Crippen LogP contribution in [-0.2, 0) is 0 Å². The fourth-order valence-electron chi connectivity index (χ4n) is 3.23. The first-order valence-corrected chi connectivity index (χ1v) is 9.19. The molecule has 0 spiro atoms. The second kappa shape index (κ2) is 5.41. The molecule has 0 saturated heterocycles. The van der Waals surface area contributed by atoms with Gasteiger partial charge in [-0.25, -0.2) is 0 Å². The van der Waals surface area contributed by atoms with Gasteiger partial charge in [0.05, 0.1) is 10.2 Å². The normalized spacial score (nSPS) is 18.2. The predicted octanol–water partition coefficient (Wildman–Crippen LogP) is 5.58. The number of rotatable bonds is 1. The van der Waals surface area contributed by atoms with Gasteiger partial charge in [0.15, 0.2) is 5.70 Å². The first-order chi connectivity index (χ1) is 11.3. The smallest absolute Gasteiger partial charge is 0.389 e. The summed E-state index contributed by atoms with van der Waals surface area (Å²) in [6.07, 6.45) is 3.32. The average Bonchev–Trinajstić information content (AvgIpc) is 3.06. The Morgan fingerprint density at radius 2 is 1.88 bits per heavy atom. The molecule has 0 N–H and O–H groups in total. The van der Waals surface area contributed by atoms with Crippen molar-refractivity contribution in [2.24, 2.45) is 0 Å². The van der Waals surface area contributed by atoms with Crippen molar-refractivity contribution in [3.05, 3.63) is 74.6 Å². The van der Waals surface area contributed by atoms with Gasteiger partial charge >= 0.3 is 6.97 Å². The quantitative estimate of drug-likeness (QED) is 0.477. The lowest BCUT2D eigenvalue weighted by molar-refractivity contribution is -0.358. The van der Waals surface area contributed by atoms with Crippen LogP contribution in [0.3, 0.4) is 0 Å². The fraction of sp³-hybridized carbons (Fsp3) is 0.0625. The number of aromatic nitrogens is 1. The summed E-state index contributed by atoms with van der Waals surface area (Å²) >= 11 is 12.9. The lowest BCUT2D eigenvalue weighted by Crippen LogP contribution is -2.50. The molecule has 4 rings (SSSR count). The minimum Gasteiger partial charge on any atom is -0.389 e. The molecule has 2 aliphatic heterocycles. The van der Waals surface area contributed by atoms with Crippen LogP contribution in [0, 0.1) is 6.92 Å². The number of benzene rings is 1. The highest BCUT2D eigenvalue weighted by Crippen LogP contribution is 2.43. The Morgan fingerprint density at radius 1 is 1.12 bits per heavy atom. The predicted molar refractivity (Wildman–Crippen MR) is 101 cm³/mol. The second-order valence-corrected chi connectivity index (χ2v) is 7.80. The van der Waals surface area contributed by atoms with Crippen molar-refractivity contribution in [2.75, 3.05) is 0 Å². The molecule has 2 aromatic rings. The van der Waals surface area contributed by atoms with E-state index in [9.17, 15) is 0 Å². The van der Waals surface area contributed by atoms with Gasteiger partial charge in [0.2, 0.25) is 4.62 Å². The zero-order valence-corrected chi connectivity index (χ0v) is 16.3. The van der Waals surface area contributed by atoms with Crippen LogP contribution in [-0.4, -0.2) is 20.6 Å². The number of hydrogen-bond acceptors (Lipinski definition) is 0. The molecule has 0 amide bonds. The van der Waals surface area contributed by atoms with E-state index in [4.69, 9.17) is 11.6 Å². The Balaban J connectivity index is 2.12. The lowest BCUT2D eigenvalue weighted by Gasteiger charge is -2.32. The Hall–Kier alpha value is -1.18. The molecule has 3 heterocycles. The molecule has 8 heteroatoms. The van der Waals surface area contributed by atoms with Gasteiger partial charge in [0, 0.05) is 44.4 Å². The van der Waals surface area contributed by atoms with Gasteiger partial charge in [0.1, 0.15) is 0 Å². The summed E-state index contributed by atoms with van der Waals surface area (Å²) < 4.78 is 32.9. The van der Waals surface area contributed by atoms with Crippen LogP contribution in [0.2, 0.25) is 5.02 Å². The molecule has 1 aromatic carbocycles. The SMILES string of the molecule is Cc1ccc(C2=C3C=CC(Br)=[N+]3[B-](F)(F)n3c(Br)ccc32)c(Cl)c1. The summed E-state index contributed by atoms with van der Waals surface area (Å²) in [6, 6.07) is 8.96. The summed E-state index contributed by atoms with van der Waals surface area (Å²) in [5.41, 5.74) is 3.31. The molecule has 0 fully saturated rings. The average molecular weight is 474 g/mol. The van der Waals surface area contributed by atoms with E-state index < -0.39 is 6.97 Å². The van der Waals surface area contributed by atoms with Crippen molar-refractivity contribution >= 4 is 60.6 Å². The van der Waals surface area contributed by atoms with E-state index in [0.717, 1.165) is 20.1 Å². The lowest BCUT2D eigenvalue weighted by atomic mass is 9.86. The van der Waals surface area contributed by atoms with E-state index in [2.05, 4.69) is 31.9 Å². The zero-order chi connectivity index (χ0) is 17.2. The molecule has 24 heavy (non-hydrogen) atoms. The van der Waals surface area contributed by atoms with Gasteiger partial charge in [-0.1, -0.05) is 23.7 Å². The molecular weight excluding hydrogens is 464 g/mol. The largest absolute Gasteiger partial charge is 0.738 e. The monoisotopic (exact) mass is 472 g/mol. The van der Waals surface area contributed by atoms with Crippen molar-refractivity contribution in [1.82, 2.24) is 4.48 Å². The molecule has 0 aliphatic carbocycles. The Labute approximate surface area is 159 Å². The highest BCUT2D eigenvalue weighted by Gasteiger charge is 2.54. The second-order valence-electron chi connectivity index (χ2n) is 5.77. The number of aryl methyl sites for hydroxylation is 1. The van der Waals surface area contributed by atoms with E-state index in [1.807, 2.05) is 25.1 Å². The topological polar surface area (TPSA) is 7.94 Å². The van der Waals surface area contributed by atoms with Crippen LogP contribution >= 0.6 is 43.5 Å². The van der Waals surface area contributed by atoms with E-state index in [1.54, 1.807) is 24.3 Å². The van der Waals surface area contributed by atoms with E-state index in [-0.39, 0.29) is 0 Å². The van der Waals surface area contributed by atoms with Crippen molar-refractivity contribution in [2.45, 2.75) is 6.92 Å². The molecule has 0 bridgehead atoms. The van der Waals surface area contributed by atoms with Gasteiger partial charge in [-0.15, -0.1) is 0 Å². The van der Waals surface area contributed by atoms with Crippen molar-refractivity contribution in [1.29, 1.82) is 0 Å². The van der Waals surface area contributed by atoms with Gasteiger partial charge in [-0.2, -0.15) is 0 Å². The third kappa shape index (κ3) is 2.14. The van der Waals surface area contributed by atoms with Crippen LogP contribution in [0.1, 0.15) is 16.8 Å². The summed E-state index contributed by atoms with van der Waals surface area (Å²) in [5, 5.41) is 0.537. The van der Waals surface area contributed by atoms with Crippen LogP contribution in [0.4, 0.5) is 8.63 Å². The number of halogens is 5. The van der Waals surface area contributed by atoms with Crippen LogP contribution in [0.25, 0.3) is 5.57 Å². The van der Waals surface area contributed by atoms with Gasteiger partial charge in [-0.05, 0) is 46.6 Å². The third-order valence-corrected chi connectivity index (χ3v) is 5.87. The maximum absolute atomic E-state index is 15.1. The first-order valence-electron chi connectivity index (χ1n) is 7.22. The molecule has 1 aromatic heterocycles.